The Morgan fingerprint density at radius 3 is 2.71 bits per heavy atom. The minimum atomic E-state index is -1.08. The van der Waals surface area contributed by atoms with Crippen molar-refractivity contribution in [3.8, 4) is 0 Å². The van der Waals surface area contributed by atoms with Crippen molar-refractivity contribution < 1.29 is 14.7 Å². The molecule has 5 nitrogen and oxygen atoms in total. The van der Waals surface area contributed by atoms with Crippen LogP contribution in [0.1, 0.15) is 20.2 Å². The number of anilines is 1. The molecule has 0 bridgehead atoms. The molecule has 0 saturated carbocycles. The third-order valence-corrected chi connectivity index (χ3v) is 2.80. The Labute approximate surface area is 101 Å². The van der Waals surface area contributed by atoms with Gasteiger partial charge in [-0.3, -0.25) is 4.79 Å². The van der Waals surface area contributed by atoms with Crippen LogP contribution in [-0.2, 0) is 0 Å². The van der Waals surface area contributed by atoms with Gasteiger partial charge in [-0.15, -0.1) is 11.3 Å². The van der Waals surface area contributed by atoms with E-state index in [0.717, 1.165) is 0 Å². The molecule has 1 heterocycles. The molecule has 0 spiro atoms. The van der Waals surface area contributed by atoms with Crippen molar-refractivity contribution in [3.63, 3.8) is 0 Å². The van der Waals surface area contributed by atoms with Gasteiger partial charge >= 0.3 is 5.97 Å². The molecule has 1 aromatic heterocycles. The second-order valence-corrected chi connectivity index (χ2v) is 4.04. The van der Waals surface area contributed by atoms with Crippen molar-refractivity contribution in [1.29, 1.82) is 0 Å². The van der Waals surface area contributed by atoms with E-state index in [1.54, 1.807) is 17.5 Å². The zero-order valence-corrected chi connectivity index (χ0v) is 9.40. The number of hydrogen-bond acceptors (Lipinski definition) is 4. The van der Waals surface area contributed by atoms with Gasteiger partial charge in [0.25, 0.3) is 5.91 Å². The Balaban J connectivity index is 2.25. The molecule has 0 unspecified atom stereocenters. The highest BCUT2D eigenvalue weighted by atomic mass is 32.1. The summed E-state index contributed by atoms with van der Waals surface area (Å²) >= 11 is 1.19. The number of aromatic nitrogens is 1. The van der Waals surface area contributed by atoms with Crippen LogP contribution in [-0.4, -0.2) is 22.0 Å². The quantitative estimate of drug-likeness (QED) is 0.871. The molecule has 0 aliphatic rings. The summed E-state index contributed by atoms with van der Waals surface area (Å²) in [6.07, 6.45) is 1.52. The Hall–Kier alpha value is -2.21. The summed E-state index contributed by atoms with van der Waals surface area (Å²) in [7, 11) is 0. The summed E-state index contributed by atoms with van der Waals surface area (Å²) < 4.78 is 0. The Morgan fingerprint density at radius 1 is 1.29 bits per heavy atom. The Morgan fingerprint density at radius 2 is 2.06 bits per heavy atom. The second-order valence-electron chi connectivity index (χ2n) is 3.14. The number of amides is 1. The third-order valence-electron chi connectivity index (χ3n) is 2.03. The normalized spacial score (nSPS) is 9.88. The van der Waals surface area contributed by atoms with E-state index in [1.165, 1.54) is 29.7 Å². The molecule has 1 amide bonds. The maximum Gasteiger partial charge on any atom is 0.337 e. The molecule has 17 heavy (non-hydrogen) atoms. The number of nitrogens with one attached hydrogen (secondary N) is 1. The van der Waals surface area contributed by atoms with Crippen LogP contribution in [0.2, 0.25) is 0 Å². The van der Waals surface area contributed by atoms with Gasteiger partial charge in [0.2, 0.25) is 0 Å². The lowest BCUT2D eigenvalue weighted by atomic mass is 10.2. The van der Waals surface area contributed by atoms with Crippen molar-refractivity contribution in [2.45, 2.75) is 0 Å². The van der Waals surface area contributed by atoms with E-state index in [1.807, 2.05) is 0 Å². The van der Waals surface area contributed by atoms with Crippen LogP contribution in [0.4, 0.5) is 5.69 Å². The summed E-state index contributed by atoms with van der Waals surface area (Å²) in [5.41, 5.74) is 0.317. The molecule has 0 fully saturated rings. The number of thiazole rings is 1. The first-order valence-electron chi connectivity index (χ1n) is 4.71. The number of hydrogen-bond donors (Lipinski definition) is 2. The van der Waals surface area contributed by atoms with Crippen LogP contribution in [0.25, 0.3) is 0 Å². The SMILES string of the molecule is O=C(Nc1ccccc1C(=O)O)c1nccs1. The molecule has 86 valence electrons. The molecular weight excluding hydrogens is 240 g/mol. The number of aromatic carboxylic acids is 1. The van der Waals surface area contributed by atoms with Gasteiger partial charge in [-0.2, -0.15) is 0 Å². The summed E-state index contributed by atoms with van der Waals surface area (Å²) in [6, 6.07) is 6.22. The maximum atomic E-state index is 11.7. The van der Waals surface area contributed by atoms with E-state index in [4.69, 9.17) is 5.11 Å². The van der Waals surface area contributed by atoms with Crippen LogP contribution >= 0.6 is 11.3 Å². The van der Waals surface area contributed by atoms with E-state index in [9.17, 15) is 9.59 Å². The molecule has 2 N–H and O–H groups in total. The topological polar surface area (TPSA) is 79.3 Å². The molecular formula is C11H8N2O3S. The molecule has 1 aromatic carbocycles. The molecule has 0 aliphatic carbocycles. The first-order valence-corrected chi connectivity index (χ1v) is 5.59. The van der Waals surface area contributed by atoms with Crippen LogP contribution in [0.3, 0.4) is 0 Å². The highest BCUT2D eigenvalue weighted by Gasteiger charge is 2.13. The minimum Gasteiger partial charge on any atom is -0.478 e. The summed E-state index contributed by atoms with van der Waals surface area (Å²) in [5.74, 6) is -1.49. The van der Waals surface area contributed by atoms with Gasteiger partial charge in [0, 0.05) is 11.6 Å². The Kier molecular flexibility index (Phi) is 3.15. The summed E-state index contributed by atoms with van der Waals surface area (Å²) in [4.78, 5) is 26.5. The van der Waals surface area contributed by atoms with Gasteiger partial charge in [-0.05, 0) is 12.1 Å². The highest BCUT2D eigenvalue weighted by Crippen LogP contribution is 2.16. The fourth-order valence-corrected chi connectivity index (χ4v) is 1.82. The zero-order valence-electron chi connectivity index (χ0n) is 8.58. The number of carboxylic acid groups (broad SMARTS) is 1. The number of carboxylic acids is 1. The lowest BCUT2D eigenvalue weighted by Gasteiger charge is -2.06. The third kappa shape index (κ3) is 2.48. The van der Waals surface area contributed by atoms with Crippen molar-refractivity contribution in [2.24, 2.45) is 0 Å². The van der Waals surface area contributed by atoms with Crippen molar-refractivity contribution >= 4 is 28.9 Å². The number of carbonyl (C=O) groups excluding carboxylic acids is 1. The van der Waals surface area contributed by atoms with Crippen molar-refractivity contribution in [2.75, 3.05) is 5.32 Å². The maximum absolute atomic E-state index is 11.7. The largest absolute Gasteiger partial charge is 0.478 e. The summed E-state index contributed by atoms with van der Waals surface area (Å²) in [6.45, 7) is 0. The predicted molar refractivity (Wildman–Crippen MR) is 63.5 cm³/mol. The van der Waals surface area contributed by atoms with Gasteiger partial charge in [0.1, 0.15) is 0 Å². The van der Waals surface area contributed by atoms with Crippen molar-refractivity contribution in [1.82, 2.24) is 4.98 Å². The van der Waals surface area contributed by atoms with Gasteiger partial charge in [-0.25, -0.2) is 9.78 Å². The van der Waals surface area contributed by atoms with Gasteiger partial charge < -0.3 is 10.4 Å². The van der Waals surface area contributed by atoms with Crippen molar-refractivity contribution in [3.05, 3.63) is 46.4 Å². The fraction of sp³-hybridized carbons (Fsp3) is 0. The van der Waals surface area contributed by atoms with E-state index < -0.39 is 11.9 Å². The van der Waals surface area contributed by atoms with Gasteiger partial charge in [0.05, 0.1) is 11.3 Å². The average molecular weight is 248 g/mol. The number of benzene rings is 1. The monoisotopic (exact) mass is 248 g/mol. The molecule has 2 rings (SSSR count). The zero-order chi connectivity index (χ0) is 12.3. The molecule has 0 radical (unpaired) electrons. The smallest absolute Gasteiger partial charge is 0.337 e. The molecule has 0 atom stereocenters. The molecule has 6 heteroatoms. The fourth-order valence-electron chi connectivity index (χ4n) is 1.29. The number of nitrogens with zero attached hydrogens (tertiary/aromatic N) is 1. The van der Waals surface area contributed by atoms with Crippen LogP contribution in [0.5, 0.6) is 0 Å². The van der Waals surface area contributed by atoms with E-state index in [-0.39, 0.29) is 11.3 Å². The predicted octanol–water partition coefficient (Wildman–Crippen LogP) is 2.09. The van der Waals surface area contributed by atoms with E-state index in [0.29, 0.717) is 5.01 Å². The summed E-state index contributed by atoms with van der Waals surface area (Å²) in [5, 5.41) is 13.4. The first-order chi connectivity index (χ1) is 8.18. The number of para-hydroxylation sites is 1. The van der Waals surface area contributed by atoms with Crippen LogP contribution < -0.4 is 5.32 Å². The molecule has 0 aliphatic heterocycles. The van der Waals surface area contributed by atoms with Crippen LogP contribution in [0.15, 0.2) is 35.8 Å². The highest BCUT2D eigenvalue weighted by molar-refractivity contribution is 7.11. The lowest BCUT2D eigenvalue weighted by molar-refractivity contribution is 0.0698. The average Bonchev–Trinajstić information content (AvgIpc) is 2.83. The van der Waals surface area contributed by atoms with Gasteiger partial charge in [-0.1, -0.05) is 12.1 Å². The number of carbonyl (C=O) groups is 2. The standard InChI is InChI=1S/C11H8N2O3S/c14-9(10-12-5-6-17-10)13-8-4-2-1-3-7(8)11(15)16/h1-6H,(H,13,14)(H,15,16). The molecule has 0 saturated heterocycles. The molecule has 2 aromatic rings. The van der Waals surface area contributed by atoms with Gasteiger partial charge in [0.15, 0.2) is 5.01 Å². The van der Waals surface area contributed by atoms with E-state index >= 15 is 0 Å². The minimum absolute atomic E-state index is 0.0532. The van der Waals surface area contributed by atoms with Crippen LogP contribution in [0, 0.1) is 0 Å². The first kappa shape index (κ1) is 11.3. The lowest BCUT2D eigenvalue weighted by Crippen LogP contribution is -2.14. The van der Waals surface area contributed by atoms with E-state index in [2.05, 4.69) is 10.3 Å². The second kappa shape index (κ2) is 4.75. The number of rotatable bonds is 3. The Bertz CT molecular complexity index is 552.